The maximum Gasteiger partial charge on any atom is 0.295 e. The number of benzene rings is 2. The third-order valence-corrected chi connectivity index (χ3v) is 7.32. The summed E-state index contributed by atoms with van der Waals surface area (Å²) in [4.78, 5) is 30.1. The Morgan fingerprint density at radius 2 is 1.87 bits per heavy atom. The number of nitrogens with one attached hydrogen (secondary N) is 1. The van der Waals surface area contributed by atoms with Crippen LogP contribution in [0.25, 0.3) is 16.9 Å². The molecule has 0 aliphatic heterocycles. The summed E-state index contributed by atoms with van der Waals surface area (Å²) in [5, 5.41) is 4.76. The van der Waals surface area contributed by atoms with E-state index in [1.807, 2.05) is 66.9 Å². The third kappa shape index (κ3) is 4.68. The Labute approximate surface area is 196 Å². The van der Waals surface area contributed by atoms with E-state index >= 15 is 0 Å². The van der Waals surface area contributed by atoms with Crippen LogP contribution in [0.3, 0.4) is 0 Å². The summed E-state index contributed by atoms with van der Waals surface area (Å²) in [7, 11) is 1.80. The fourth-order valence-electron chi connectivity index (χ4n) is 3.09. The molecular weight excluding hydrogens is 496 g/mol. The molecule has 0 saturated heterocycles. The lowest BCUT2D eigenvalue weighted by atomic mass is 10.2. The zero-order valence-electron chi connectivity index (χ0n) is 16.8. The average molecular weight is 515 g/mol. The Balaban J connectivity index is 1.44. The van der Waals surface area contributed by atoms with Crippen LogP contribution in [-0.4, -0.2) is 26.0 Å². The van der Waals surface area contributed by atoms with Gasteiger partial charge in [0.05, 0.1) is 22.8 Å². The second kappa shape index (κ2) is 9.25. The van der Waals surface area contributed by atoms with Crippen LogP contribution in [0.15, 0.2) is 73.6 Å². The fourth-order valence-corrected chi connectivity index (χ4v) is 4.99. The molecule has 158 valence electrons. The molecule has 0 spiro atoms. The van der Waals surface area contributed by atoms with Crippen LogP contribution in [0.4, 0.5) is 5.69 Å². The van der Waals surface area contributed by atoms with Gasteiger partial charge in [-0.25, -0.2) is 9.67 Å². The SMILES string of the molecule is Cc1c(NC(=O)CSc2nc(-c3ccc(Br)cc3)cs2)c(=O)n(-c2ccccc2)n1C. The largest absolute Gasteiger partial charge is 0.319 e. The van der Waals surface area contributed by atoms with Crippen molar-refractivity contribution in [3.05, 3.63) is 80.5 Å². The number of thioether (sulfide) groups is 1. The Morgan fingerprint density at radius 1 is 1.16 bits per heavy atom. The van der Waals surface area contributed by atoms with Gasteiger partial charge in [-0.2, -0.15) is 0 Å². The average Bonchev–Trinajstić information content (AvgIpc) is 3.33. The molecule has 9 heteroatoms. The van der Waals surface area contributed by atoms with E-state index in [2.05, 4.69) is 26.2 Å². The van der Waals surface area contributed by atoms with Crippen molar-refractivity contribution in [2.45, 2.75) is 11.3 Å². The van der Waals surface area contributed by atoms with E-state index in [1.54, 1.807) is 16.4 Å². The van der Waals surface area contributed by atoms with Gasteiger partial charge >= 0.3 is 0 Å². The third-order valence-electron chi connectivity index (χ3n) is 4.77. The summed E-state index contributed by atoms with van der Waals surface area (Å²) in [6.07, 6.45) is 0. The van der Waals surface area contributed by atoms with E-state index in [9.17, 15) is 9.59 Å². The van der Waals surface area contributed by atoms with Crippen LogP contribution in [0.1, 0.15) is 5.69 Å². The first-order valence-electron chi connectivity index (χ1n) is 9.42. The second-order valence-corrected chi connectivity index (χ2v) is 9.78. The zero-order chi connectivity index (χ0) is 22.0. The van der Waals surface area contributed by atoms with Gasteiger partial charge in [0.1, 0.15) is 5.69 Å². The number of carbonyl (C=O) groups is 1. The van der Waals surface area contributed by atoms with Crippen LogP contribution in [0.2, 0.25) is 0 Å². The molecule has 1 N–H and O–H groups in total. The molecule has 0 unspecified atom stereocenters. The van der Waals surface area contributed by atoms with Gasteiger partial charge < -0.3 is 5.32 Å². The summed E-state index contributed by atoms with van der Waals surface area (Å²) >= 11 is 6.28. The quantitative estimate of drug-likeness (QED) is 0.363. The van der Waals surface area contributed by atoms with Gasteiger partial charge in [0, 0.05) is 22.5 Å². The molecule has 0 saturated carbocycles. The van der Waals surface area contributed by atoms with Crippen molar-refractivity contribution in [1.82, 2.24) is 14.3 Å². The van der Waals surface area contributed by atoms with Crippen molar-refractivity contribution in [2.24, 2.45) is 7.05 Å². The highest BCUT2D eigenvalue weighted by Crippen LogP contribution is 2.29. The van der Waals surface area contributed by atoms with Crippen LogP contribution >= 0.6 is 39.0 Å². The van der Waals surface area contributed by atoms with Gasteiger partial charge in [-0.1, -0.05) is 58.0 Å². The number of rotatable bonds is 6. The maximum absolute atomic E-state index is 12.9. The Bertz CT molecular complexity index is 1280. The molecule has 31 heavy (non-hydrogen) atoms. The number of hydrogen-bond acceptors (Lipinski definition) is 5. The molecule has 0 radical (unpaired) electrons. The second-order valence-electron chi connectivity index (χ2n) is 6.78. The standard InChI is InChI=1S/C22H19BrN4O2S2/c1-14-20(21(29)27(26(14)2)17-6-4-3-5-7-17)25-19(28)13-31-22-24-18(12-30-22)15-8-10-16(23)11-9-15/h3-12H,13H2,1-2H3,(H,25,28). The summed E-state index contributed by atoms with van der Waals surface area (Å²) < 4.78 is 5.11. The smallest absolute Gasteiger partial charge is 0.295 e. The molecule has 2 heterocycles. The molecule has 0 bridgehead atoms. The maximum atomic E-state index is 12.9. The van der Waals surface area contributed by atoms with Crippen molar-refractivity contribution in [1.29, 1.82) is 0 Å². The number of halogens is 1. The van der Waals surface area contributed by atoms with E-state index in [0.717, 1.165) is 25.8 Å². The van der Waals surface area contributed by atoms with Crippen molar-refractivity contribution in [3.8, 4) is 16.9 Å². The monoisotopic (exact) mass is 514 g/mol. The number of hydrogen-bond donors (Lipinski definition) is 1. The summed E-state index contributed by atoms with van der Waals surface area (Å²) in [6, 6.07) is 17.3. The van der Waals surface area contributed by atoms with Crippen molar-refractivity contribution < 1.29 is 4.79 Å². The first-order chi connectivity index (χ1) is 14.9. The molecule has 0 atom stereocenters. The molecule has 2 aromatic heterocycles. The lowest BCUT2D eigenvalue weighted by Crippen LogP contribution is -2.23. The van der Waals surface area contributed by atoms with Crippen molar-refractivity contribution in [3.63, 3.8) is 0 Å². The Hall–Kier alpha value is -2.62. The van der Waals surface area contributed by atoms with Gasteiger partial charge in [-0.15, -0.1) is 11.3 Å². The van der Waals surface area contributed by atoms with E-state index in [4.69, 9.17) is 0 Å². The normalized spacial score (nSPS) is 10.9. The van der Waals surface area contributed by atoms with Gasteiger partial charge in [0.25, 0.3) is 5.56 Å². The molecule has 0 fully saturated rings. The molecule has 4 aromatic rings. The highest BCUT2D eigenvalue weighted by atomic mass is 79.9. The Kier molecular flexibility index (Phi) is 6.45. The van der Waals surface area contributed by atoms with Crippen LogP contribution in [0.5, 0.6) is 0 Å². The van der Waals surface area contributed by atoms with E-state index in [-0.39, 0.29) is 17.2 Å². The molecule has 0 aliphatic rings. The lowest BCUT2D eigenvalue weighted by molar-refractivity contribution is -0.113. The van der Waals surface area contributed by atoms with E-state index in [0.29, 0.717) is 11.4 Å². The number of thiazole rings is 1. The number of para-hydroxylation sites is 1. The van der Waals surface area contributed by atoms with Crippen LogP contribution < -0.4 is 10.9 Å². The molecule has 1 amide bonds. The minimum absolute atomic E-state index is 0.173. The predicted molar refractivity (Wildman–Crippen MR) is 130 cm³/mol. The van der Waals surface area contributed by atoms with Gasteiger partial charge in [-0.05, 0) is 31.2 Å². The molecule has 2 aromatic carbocycles. The highest BCUT2D eigenvalue weighted by Gasteiger charge is 2.18. The number of nitrogens with zero attached hydrogens (tertiary/aromatic N) is 3. The first kappa shape index (κ1) is 21.6. The van der Waals surface area contributed by atoms with Crippen LogP contribution in [-0.2, 0) is 11.8 Å². The number of anilines is 1. The predicted octanol–water partition coefficient (Wildman–Crippen LogP) is 5.10. The molecular formula is C22H19BrN4O2S2. The van der Waals surface area contributed by atoms with Crippen molar-refractivity contribution in [2.75, 3.05) is 11.1 Å². The lowest BCUT2D eigenvalue weighted by Gasteiger charge is -2.07. The Morgan fingerprint density at radius 3 is 2.58 bits per heavy atom. The molecule has 6 nitrogen and oxygen atoms in total. The van der Waals surface area contributed by atoms with Gasteiger partial charge in [0.2, 0.25) is 5.91 Å². The van der Waals surface area contributed by atoms with Crippen LogP contribution in [0, 0.1) is 6.92 Å². The van der Waals surface area contributed by atoms with E-state index < -0.39 is 0 Å². The van der Waals surface area contributed by atoms with Crippen molar-refractivity contribution >= 4 is 50.6 Å². The summed E-state index contributed by atoms with van der Waals surface area (Å²) in [5.74, 6) is -0.0664. The highest BCUT2D eigenvalue weighted by molar-refractivity contribution is 9.10. The minimum atomic E-state index is -0.253. The summed E-state index contributed by atoms with van der Waals surface area (Å²) in [6.45, 7) is 1.81. The minimum Gasteiger partial charge on any atom is -0.319 e. The number of amides is 1. The summed E-state index contributed by atoms with van der Waals surface area (Å²) in [5.41, 5.74) is 3.39. The van der Waals surface area contributed by atoms with Gasteiger partial charge in [0.15, 0.2) is 4.34 Å². The number of aromatic nitrogens is 3. The van der Waals surface area contributed by atoms with Gasteiger partial charge in [-0.3, -0.25) is 14.3 Å². The molecule has 4 rings (SSSR count). The molecule has 0 aliphatic carbocycles. The zero-order valence-corrected chi connectivity index (χ0v) is 20.1. The van der Waals surface area contributed by atoms with E-state index in [1.165, 1.54) is 23.1 Å². The first-order valence-corrected chi connectivity index (χ1v) is 12.1. The number of carbonyl (C=O) groups excluding carboxylic acids is 1. The fraction of sp³-hybridized carbons (Fsp3) is 0.136. The topological polar surface area (TPSA) is 68.9 Å².